The molecule has 0 aliphatic heterocycles. The minimum atomic E-state index is 0. The number of unbranched alkanes of at least 4 members (excludes halogenated alkanes) is 1. The van der Waals surface area contributed by atoms with E-state index in [0.29, 0.717) is 0 Å². The molecule has 0 unspecified atom stereocenters. The molecule has 2 nitrogen and oxygen atoms in total. The van der Waals surface area contributed by atoms with Crippen LogP contribution in [-0.4, -0.2) is 6.54 Å². The third kappa shape index (κ3) is 4.30. The molecule has 4 N–H and O–H groups in total. The lowest BCUT2D eigenvalue weighted by atomic mass is 9.97. The molecule has 0 spiro atoms. The molecule has 1 atom stereocenters. The molecule has 0 fully saturated rings. The maximum absolute atomic E-state index is 6.13. The maximum atomic E-state index is 6.13. The van der Waals surface area contributed by atoms with Gasteiger partial charge in [-0.1, -0.05) is 30.2 Å². The molecule has 0 heterocycles. The van der Waals surface area contributed by atoms with Crippen LogP contribution in [0.15, 0.2) is 18.2 Å². The summed E-state index contributed by atoms with van der Waals surface area (Å²) in [6, 6.07) is 5.93. The lowest BCUT2D eigenvalue weighted by Gasteiger charge is -2.16. The molecule has 1 aromatic rings. The predicted octanol–water partition coefficient (Wildman–Crippen LogP) is 3.20. The van der Waals surface area contributed by atoms with Gasteiger partial charge in [0.25, 0.3) is 0 Å². The number of benzene rings is 1. The van der Waals surface area contributed by atoms with Gasteiger partial charge in [0.1, 0.15) is 0 Å². The van der Waals surface area contributed by atoms with Crippen molar-refractivity contribution in [3.05, 3.63) is 34.3 Å². The molecule has 0 bridgehead atoms. The van der Waals surface area contributed by atoms with Crippen LogP contribution in [0.2, 0.25) is 5.02 Å². The summed E-state index contributed by atoms with van der Waals surface area (Å²) in [6.45, 7) is 2.78. The summed E-state index contributed by atoms with van der Waals surface area (Å²) in [5.74, 6) is 0. The zero-order valence-corrected chi connectivity index (χ0v) is 11.2. The zero-order valence-electron chi connectivity index (χ0n) is 9.58. The van der Waals surface area contributed by atoms with Crippen molar-refractivity contribution in [2.75, 3.05) is 6.54 Å². The van der Waals surface area contributed by atoms with E-state index >= 15 is 0 Å². The molecule has 1 aromatic carbocycles. The van der Waals surface area contributed by atoms with Crippen molar-refractivity contribution in [3.63, 3.8) is 0 Å². The third-order valence-corrected chi connectivity index (χ3v) is 2.94. The quantitative estimate of drug-likeness (QED) is 0.801. The first kappa shape index (κ1) is 15.7. The minimum Gasteiger partial charge on any atom is -0.330 e. The molecule has 0 aliphatic rings. The van der Waals surface area contributed by atoms with Crippen LogP contribution in [0.1, 0.15) is 36.4 Å². The van der Waals surface area contributed by atoms with Gasteiger partial charge in [0, 0.05) is 11.1 Å². The molecule has 0 saturated carbocycles. The predicted molar refractivity (Wildman–Crippen MR) is 73.3 cm³/mol. The number of rotatable bonds is 5. The Bertz CT molecular complexity index is 296. The summed E-state index contributed by atoms with van der Waals surface area (Å²) in [5, 5.41) is 0.773. The smallest absolute Gasteiger partial charge is 0.0456 e. The summed E-state index contributed by atoms with van der Waals surface area (Å²) in [6.07, 6.45) is 3.03. The lowest BCUT2D eigenvalue weighted by Crippen LogP contribution is -2.13. The van der Waals surface area contributed by atoms with Crippen molar-refractivity contribution in [1.82, 2.24) is 0 Å². The van der Waals surface area contributed by atoms with Gasteiger partial charge in [-0.2, -0.15) is 0 Å². The first-order chi connectivity index (χ1) is 7.16. The maximum Gasteiger partial charge on any atom is 0.0456 e. The fourth-order valence-electron chi connectivity index (χ4n) is 1.77. The Morgan fingerprint density at radius 2 is 2.00 bits per heavy atom. The Balaban J connectivity index is 0.00000225. The van der Waals surface area contributed by atoms with E-state index in [9.17, 15) is 0 Å². The SMILES string of the molecule is Cc1cccc(Cl)c1[C@@H](N)CCCCN.Cl. The van der Waals surface area contributed by atoms with Crippen LogP contribution in [0.5, 0.6) is 0 Å². The van der Waals surface area contributed by atoms with Crippen molar-refractivity contribution in [2.45, 2.75) is 32.2 Å². The summed E-state index contributed by atoms with van der Waals surface area (Å²) >= 11 is 6.13. The van der Waals surface area contributed by atoms with Crippen LogP contribution in [0.4, 0.5) is 0 Å². The van der Waals surface area contributed by atoms with Crippen molar-refractivity contribution in [3.8, 4) is 0 Å². The van der Waals surface area contributed by atoms with Crippen LogP contribution in [0.25, 0.3) is 0 Å². The highest BCUT2D eigenvalue weighted by atomic mass is 35.5. The molecular formula is C12H20Cl2N2. The Hall–Kier alpha value is -0.280. The highest BCUT2D eigenvalue weighted by Crippen LogP contribution is 2.27. The van der Waals surface area contributed by atoms with E-state index < -0.39 is 0 Å². The second-order valence-corrected chi connectivity index (χ2v) is 4.27. The number of hydrogen-bond acceptors (Lipinski definition) is 2. The summed E-state index contributed by atoms with van der Waals surface area (Å²) < 4.78 is 0. The summed E-state index contributed by atoms with van der Waals surface area (Å²) in [4.78, 5) is 0. The molecule has 0 radical (unpaired) electrons. The number of aryl methyl sites for hydroxylation is 1. The van der Waals surface area contributed by atoms with E-state index in [1.165, 1.54) is 5.56 Å². The van der Waals surface area contributed by atoms with E-state index in [1.807, 2.05) is 25.1 Å². The van der Waals surface area contributed by atoms with Crippen molar-refractivity contribution in [1.29, 1.82) is 0 Å². The van der Waals surface area contributed by atoms with Gasteiger partial charge in [-0.25, -0.2) is 0 Å². The summed E-state index contributed by atoms with van der Waals surface area (Å²) in [5.41, 5.74) is 13.8. The van der Waals surface area contributed by atoms with Gasteiger partial charge >= 0.3 is 0 Å². The molecule has 0 aliphatic carbocycles. The number of halogens is 2. The Morgan fingerprint density at radius 3 is 2.56 bits per heavy atom. The molecule has 0 amide bonds. The lowest BCUT2D eigenvalue weighted by molar-refractivity contribution is 0.589. The number of hydrogen-bond donors (Lipinski definition) is 2. The van der Waals surface area contributed by atoms with Gasteiger partial charge in [0.2, 0.25) is 0 Å². The number of nitrogens with two attached hydrogens (primary N) is 2. The van der Waals surface area contributed by atoms with Crippen molar-refractivity contribution >= 4 is 24.0 Å². The van der Waals surface area contributed by atoms with Crippen LogP contribution in [-0.2, 0) is 0 Å². The molecule has 16 heavy (non-hydrogen) atoms. The van der Waals surface area contributed by atoms with Crippen molar-refractivity contribution in [2.24, 2.45) is 11.5 Å². The van der Waals surface area contributed by atoms with E-state index in [1.54, 1.807) is 0 Å². The van der Waals surface area contributed by atoms with Crippen LogP contribution >= 0.6 is 24.0 Å². The van der Waals surface area contributed by atoms with Gasteiger partial charge < -0.3 is 11.5 Å². The molecule has 92 valence electrons. The Labute approximate surface area is 109 Å². The third-order valence-electron chi connectivity index (χ3n) is 2.61. The van der Waals surface area contributed by atoms with E-state index in [4.69, 9.17) is 23.1 Å². The van der Waals surface area contributed by atoms with Gasteiger partial charge in [-0.05, 0) is 43.5 Å². The van der Waals surface area contributed by atoms with E-state index in [0.717, 1.165) is 36.4 Å². The van der Waals surface area contributed by atoms with Gasteiger partial charge in [-0.15, -0.1) is 12.4 Å². The summed E-state index contributed by atoms with van der Waals surface area (Å²) in [7, 11) is 0. The largest absolute Gasteiger partial charge is 0.330 e. The average molecular weight is 263 g/mol. The molecule has 0 aromatic heterocycles. The highest BCUT2D eigenvalue weighted by Gasteiger charge is 2.11. The average Bonchev–Trinajstić information content (AvgIpc) is 2.18. The zero-order chi connectivity index (χ0) is 11.3. The van der Waals surface area contributed by atoms with Gasteiger partial charge in [0.15, 0.2) is 0 Å². The fraction of sp³-hybridized carbons (Fsp3) is 0.500. The Morgan fingerprint density at radius 1 is 1.31 bits per heavy atom. The molecule has 1 rings (SSSR count). The highest BCUT2D eigenvalue weighted by molar-refractivity contribution is 6.31. The van der Waals surface area contributed by atoms with Gasteiger partial charge in [-0.3, -0.25) is 0 Å². The monoisotopic (exact) mass is 262 g/mol. The Kier molecular flexibility index (Phi) is 7.77. The van der Waals surface area contributed by atoms with E-state index in [2.05, 4.69) is 0 Å². The molecular weight excluding hydrogens is 243 g/mol. The molecule has 0 saturated heterocycles. The van der Waals surface area contributed by atoms with Crippen LogP contribution in [0.3, 0.4) is 0 Å². The van der Waals surface area contributed by atoms with E-state index in [-0.39, 0.29) is 18.4 Å². The van der Waals surface area contributed by atoms with Crippen LogP contribution < -0.4 is 11.5 Å². The second-order valence-electron chi connectivity index (χ2n) is 3.86. The minimum absolute atomic E-state index is 0. The van der Waals surface area contributed by atoms with Gasteiger partial charge in [0.05, 0.1) is 0 Å². The fourth-order valence-corrected chi connectivity index (χ4v) is 2.13. The topological polar surface area (TPSA) is 52.0 Å². The standard InChI is InChI=1S/C12H19ClN2.ClH/c1-9-5-4-6-10(13)12(9)11(15)7-2-3-8-14;/h4-6,11H,2-3,7-8,14-15H2,1H3;1H/t11-;/m0./s1. The van der Waals surface area contributed by atoms with Crippen molar-refractivity contribution < 1.29 is 0 Å². The normalized spacial score (nSPS) is 12.0. The van der Waals surface area contributed by atoms with Crippen LogP contribution in [0, 0.1) is 6.92 Å². The molecule has 4 heteroatoms. The first-order valence-electron chi connectivity index (χ1n) is 5.37. The second kappa shape index (κ2) is 7.91. The first-order valence-corrected chi connectivity index (χ1v) is 5.75.